The molecule has 0 saturated carbocycles. The molecule has 2 amide bonds. The molecule has 1 N–H and O–H groups in total. The number of fused-ring (bicyclic) bond motifs is 1. The maximum absolute atomic E-state index is 13.9. The molecule has 1 aromatic carbocycles. The average molecular weight is 349 g/mol. The molecule has 0 radical (unpaired) electrons. The fourth-order valence-electron chi connectivity index (χ4n) is 4.04. The summed E-state index contributed by atoms with van der Waals surface area (Å²) in [5.41, 5.74) is 0.742. The lowest BCUT2D eigenvalue weighted by molar-refractivity contribution is 0.0532. The Hall–Kier alpha value is -1.82. The molecule has 0 aromatic heterocycles. The first-order valence-corrected chi connectivity index (χ1v) is 9.22. The molecule has 0 aliphatic carbocycles. The van der Waals surface area contributed by atoms with E-state index in [1.165, 1.54) is 12.5 Å². The van der Waals surface area contributed by atoms with Crippen LogP contribution in [-0.4, -0.2) is 55.2 Å². The second-order valence-corrected chi connectivity index (χ2v) is 7.07. The highest BCUT2D eigenvalue weighted by molar-refractivity contribution is 5.74. The topological polar surface area (TPSA) is 44.8 Å². The van der Waals surface area contributed by atoms with E-state index in [2.05, 4.69) is 17.3 Å². The number of urea groups is 1. The van der Waals surface area contributed by atoms with Crippen molar-refractivity contribution in [1.29, 1.82) is 0 Å². The zero-order valence-electron chi connectivity index (χ0n) is 15.1. The van der Waals surface area contributed by atoms with Gasteiger partial charge in [-0.05, 0) is 63.4 Å². The first-order chi connectivity index (χ1) is 12.1. The highest BCUT2D eigenvalue weighted by Crippen LogP contribution is 2.30. The lowest BCUT2D eigenvalue weighted by atomic mass is 9.84. The Morgan fingerprint density at radius 2 is 2.20 bits per heavy atom. The molecule has 138 valence electrons. The van der Waals surface area contributed by atoms with E-state index in [9.17, 15) is 9.18 Å². The number of likely N-dealkylation sites (tertiary alicyclic amines) is 2. The van der Waals surface area contributed by atoms with Crippen molar-refractivity contribution in [3.8, 4) is 5.75 Å². The zero-order chi connectivity index (χ0) is 17.8. The van der Waals surface area contributed by atoms with Crippen LogP contribution in [0, 0.1) is 11.7 Å². The molecule has 2 aliphatic heterocycles. The summed E-state index contributed by atoms with van der Waals surface area (Å²) < 4.78 is 19.1. The van der Waals surface area contributed by atoms with Gasteiger partial charge in [-0.25, -0.2) is 9.18 Å². The van der Waals surface area contributed by atoms with Gasteiger partial charge >= 0.3 is 6.03 Å². The van der Waals surface area contributed by atoms with Gasteiger partial charge in [-0.3, -0.25) is 0 Å². The first kappa shape index (κ1) is 18.0. The summed E-state index contributed by atoms with van der Waals surface area (Å²) in [5.74, 6) is 0.436. The molecule has 2 heterocycles. The van der Waals surface area contributed by atoms with E-state index in [1.54, 1.807) is 12.1 Å². The van der Waals surface area contributed by atoms with Crippen molar-refractivity contribution in [3.63, 3.8) is 0 Å². The van der Waals surface area contributed by atoms with E-state index in [4.69, 9.17) is 4.74 Å². The molecule has 0 spiro atoms. The van der Waals surface area contributed by atoms with Gasteiger partial charge in [-0.15, -0.1) is 0 Å². The van der Waals surface area contributed by atoms with Crippen molar-refractivity contribution in [2.24, 2.45) is 5.92 Å². The molecule has 1 aromatic rings. The number of benzene rings is 1. The summed E-state index contributed by atoms with van der Waals surface area (Å²) in [4.78, 5) is 17.0. The van der Waals surface area contributed by atoms with E-state index < -0.39 is 0 Å². The third-order valence-corrected chi connectivity index (χ3v) is 5.27. The van der Waals surface area contributed by atoms with Crippen LogP contribution >= 0.6 is 0 Å². The molecule has 0 unspecified atom stereocenters. The van der Waals surface area contributed by atoms with Crippen molar-refractivity contribution >= 4 is 6.03 Å². The summed E-state index contributed by atoms with van der Waals surface area (Å²) in [6.07, 6.45) is 3.29. The number of halogens is 1. The predicted molar refractivity (Wildman–Crippen MR) is 95.1 cm³/mol. The van der Waals surface area contributed by atoms with Crippen LogP contribution in [0.3, 0.4) is 0 Å². The number of nitrogens with one attached hydrogen (secondary N) is 1. The third-order valence-electron chi connectivity index (χ3n) is 5.27. The van der Waals surface area contributed by atoms with Gasteiger partial charge in [0, 0.05) is 25.7 Å². The monoisotopic (exact) mass is 349 g/mol. The van der Waals surface area contributed by atoms with Crippen molar-refractivity contribution in [2.45, 2.75) is 38.8 Å². The molecule has 2 fully saturated rings. The Labute approximate surface area is 149 Å². The number of piperidine rings is 2. The van der Waals surface area contributed by atoms with Gasteiger partial charge < -0.3 is 19.9 Å². The second kappa shape index (κ2) is 8.04. The minimum absolute atomic E-state index is 0.0338. The number of nitrogens with zero attached hydrogens (tertiary/aromatic N) is 2. The molecule has 2 aliphatic rings. The summed E-state index contributed by atoms with van der Waals surface area (Å²) in [7, 11) is 2.15. The highest BCUT2D eigenvalue weighted by atomic mass is 19.1. The first-order valence-electron chi connectivity index (χ1n) is 9.22. The average Bonchev–Trinajstić information content (AvgIpc) is 2.61. The van der Waals surface area contributed by atoms with Gasteiger partial charge in [-0.2, -0.15) is 0 Å². The largest absolute Gasteiger partial charge is 0.491 e. The Bertz CT molecular complexity index is 610. The highest BCUT2D eigenvalue weighted by Gasteiger charge is 2.37. The number of amides is 2. The molecule has 2 atom stereocenters. The van der Waals surface area contributed by atoms with Gasteiger partial charge in [0.1, 0.15) is 0 Å². The Morgan fingerprint density at radius 1 is 1.36 bits per heavy atom. The van der Waals surface area contributed by atoms with Gasteiger partial charge in [0.05, 0.1) is 6.61 Å². The van der Waals surface area contributed by atoms with Gasteiger partial charge in [0.15, 0.2) is 11.6 Å². The van der Waals surface area contributed by atoms with Crippen molar-refractivity contribution in [2.75, 3.05) is 33.3 Å². The van der Waals surface area contributed by atoms with E-state index in [1.807, 2.05) is 11.8 Å². The van der Waals surface area contributed by atoms with Crippen LogP contribution in [0.2, 0.25) is 0 Å². The molecule has 0 bridgehead atoms. The predicted octanol–water partition coefficient (Wildman–Crippen LogP) is 2.85. The zero-order valence-corrected chi connectivity index (χ0v) is 15.1. The van der Waals surface area contributed by atoms with Gasteiger partial charge in [0.25, 0.3) is 0 Å². The van der Waals surface area contributed by atoms with E-state index in [0.29, 0.717) is 25.1 Å². The van der Waals surface area contributed by atoms with Crippen LogP contribution in [0.4, 0.5) is 9.18 Å². The molecule has 3 rings (SSSR count). The number of hydrogen-bond acceptors (Lipinski definition) is 3. The Kier molecular flexibility index (Phi) is 5.78. The minimum atomic E-state index is -0.387. The number of carbonyl (C=O) groups excluding carboxylic acids is 1. The third kappa shape index (κ3) is 4.24. The van der Waals surface area contributed by atoms with Crippen molar-refractivity contribution in [1.82, 2.24) is 15.1 Å². The lowest BCUT2D eigenvalue weighted by Gasteiger charge is -2.46. The van der Waals surface area contributed by atoms with Crippen LogP contribution in [-0.2, 0) is 6.54 Å². The summed E-state index contributed by atoms with van der Waals surface area (Å²) in [6.45, 7) is 5.50. The van der Waals surface area contributed by atoms with Crippen LogP contribution < -0.4 is 10.1 Å². The van der Waals surface area contributed by atoms with E-state index in [0.717, 1.165) is 38.0 Å². The number of hydrogen-bond donors (Lipinski definition) is 1. The fourth-order valence-corrected chi connectivity index (χ4v) is 4.04. The van der Waals surface area contributed by atoms with E-state index >= 15 is 0 Å². The molecular weight excluding hydrogens is 321 g/mol. The smallest absolute Gasteiger partial charge is 0.317 e. The lowest BCUT2D eigenvalue weighted by Crippen LogP contribution is -2.57. The molecule has 25 heavy (non-hydrogen) atoms. The van der Waals surface area contributed by atoms with Crippen LogP contribution in [0.25, 0.3) is 0 Å². The Balaban J connectivity index is 1.57. The van der Waals surface area contributed by atoms with Crippen LogP contribution in [0.5, 0.6) is 5.75 Å². The quantitative estimate of drug-likeness (QED) is 0.909. The molecule has 2 saturated heterocycles. The van der Waals surface area contributed by atoms with Crippen LogP contribution in [0.15, 0.2) is 18.2 Å². The summed E-state index contributed by atoms with van der Waals surface area (Å²) >= 11 is 0. The number of carbonyl (C=O) groups is 1. The van der Waals surface area contributed by atoms with Crippen molar-refractivity contribution in [3.05, 3.63) is 29.6 Å². The molecular formula is C19H28FN3O2. The van der Waals surface area contributed by atoms with Gasteiger partial charge in [-0.1, -0.05) is 6.07 Å². The van der Waals surface area contributed by atoms with Gasteiger partial charge in [0.2, 0.25) is 0 Å². The standard InChI is InChI=1S/C19H28FN3O2/c1-3-25-18-7-6-14(11-16(18)20)12-21-19(24)23-9-4-5-15-13-22(2)10-8-17(15)23/h6-7,11,15,17H,3-5,8-10,12-13H2,1-2H3,(H,21,24)/t15-,17-/m1/s1. The normalized spacial score (nSPS) is 23.9. The maximum atomic E-state index is 13.9. The van der Waals surface area contributed by atoms with Crippen LogP contribution in [0.1, 0.15) is 31.7 Å². The van der Waals surface area contributed by atoms with E-state index in [-0.39, 0.29) is 17.6 Å². The number of ether oxygens (including phenoxy) is 1. The SMILES string of the molecule is CCOc1ccc(CNC(=O)N2CCC[C@@H]3CN(C)CC[C@H]32)cc1F. The molecule has 5 nitrogen and oxygen atoms in total. The Morgan fingerprint density at radius 3 is 2.96 bits per heavy atom. The number of rotatable bonds is 4. The maximum Gasteiger partial charge on any atom is 0.317 e. The second-order valence-electron chi connectivity index (χ2n) is 7.07. The van der Waals surface area contributed by atoms with Crippen molar-refractivity contribution < 1.29 is 13.9 Å². The fraction of sp³-hybridized carbons (Fsp3) is 0.632. The minimum Gasteiger partial charge on any atom is -0.491 e. The summed E-state index contributed by atoms with van der Waals surface area (Å²) in [6, 6.07) is 5.15. The summed E-state index contributed by atoms with van der Waals surface area (Å²) in [5, 5.41) is 2.96. The molecule has 6 heteroatoms.